The van der Waals surface area contributed by atoms with Crippen LogP contribution in [0.3, 0.4) is 0 Å². The van der Waals surface area contributed by atoms with Crippen molar-refractivity contribution < 1.29 is 25.2 Å². The molecule has 0 radical (unpaired) electrons. The van der Waals surface area contributed by atoms with Gasteiger partial charge in [-0.05, 0) is 6.92 Å². The van der Waals surface area contributed by atoms with E-state index >= 15 is 0 Å². The Kier molecular flexibility index (Phi) is 2.46. The van der Waals surface area contributed by atoms with Crippen molar-refractivity contribution in [2.75, 3.05) is 0 Å². The molecule has 5 nitrogen and oxygen atoms in total. The number of hydrogen-bond donors (Lipinski definition) is 4. The van der Waals surface area contributed by atoms with Gasteiger partial charge in [0.05, 0.1) is 6.10 Å². The fourth-order valence-electron chi connectivity index (χ4n) is 1.03. The summed E-state index contributed by atoms with van der Waals surface area (Å²) in [5.74, 6) is 0. The highest BCUT2D eigenvalue weighted by molar-refractivity contribution is 4.86. The molecule has 0 spiro atoms. The molecule has 5 atom stereocenters. The number of aliphatic hydroxyl groups excluding tert-OH is 4. The fourth-order valence-corrected chi connectivity index (χ4v) is 1.03. The van der Waals surface area contributed by atoms with E-state index in [0.29, 0.717) is 0 Å². The summed E-state index contributed by atoms with van der Waals surface area (Å²) < 4.78 is 4.68. The van der Waals surface area contributed by atoms with Crippen LogP contribution in [0.1, 0.15) is 6.92 Å². The third kappa shape index (κ3) is 1.52. The van der Waals surface area contributed by atoms with E-state index in [-0.39, 0.29) is 0 Å². The van der Waals surface area contributed by atoms with Crippen molar-refractivity contribution in [3.05, 3.63) is 0 Å². The molecule has 1 aliphatic heterocycles. The molecule has 1 fully saturated rings. The highest BCUT2D eigenvalue weighted by Crippen LogP contribution is 2.18. The molecule has 1 aliphatic rings. The topological polar surface area (TPSA) is 90.2 Å². The molecule has 0 bridgehead atoms. The Bertz CT molecular complexity index is 125. The summed E-state index contributed by atoms with van der Waals surface area (Å²) in [4.78, 5) is 0. The molecule has 11 heavy (non-hydrogen) atoms. The molecule has 0 unspecified atom stereocenters. The molecule has 0 amide bonds. The zero-order chi connectivity index (χ0) is 8.59. The summed E-state index contributed by atoms with van der Waals surface area (Å²) >= 11 is 0. The van der Waals surface area contributed by atoms with E-state index in [2.05, 4.69) is 4.74 Å². The van der Waals surface area contributed by atoms with E-state index in [1.807, 2.05) is 0 Å². The van der Waals surface area contributed by atoms with Crippen LogP contribution in [0, 0.1) is 0 Å². The van der Waals surface area contributed by atoms with Crippen LogP contribution in [-0.4, -0.2) is 51.1 Å². The first-order valence-electron chi connectivity index (χ1n) is 3.41. The van der Waals surface area contributed by atoms with Gasteiger partial charge in [0, 0.05) is 0 Å². The molecule has 0 saturated carbocycles. The number of hydrogen-bond acceptors (Lipinski definition) is 5. The van der Waals surface area contributed by atoms with E-state index in [0.717, 1.165) is 0 Å². The van der Waals surface area contributed by atoms with Crippen molar-refractivity contribution >= 4 is 0 Å². The lowest BCUT2D eigenvalue weighted by molar-refractivity contribution is -0.277. The third-order valence-corrected chi connectivity index (χ3v) is 1.83. The van der Waals surface area contributed by atoms with Gasteiger partial charge in [0.25, 0.3) is 0 Å². The van der Waals surface area contributed by atoms with Crippen LogP contribution in [-0.2, 0) is 4.74 Å². The van der Waals surface area contributed by atoms with Crippen molar-refractivity contribution in [3.8, 4) is 0 Å². The van der Waals surface area contributed by atoms with Crippen LogP contribution in [0.25, 0.3) is 0 Å². The molecule has 1 heterocycles. The summed E-state index contributed by atoms with van der Waals surface area (Å²) in [5, 5.41) is 36.0. The lowest BCUT2D eigenvalue weighted by Gasteiger charge is -2.36. The summed E-state index contributed by atoms with van der Waals surface area (Å²) in [6.07, 6.45) is -5.99. The molecule has 5 heteroatoms. The van der Waals surface area contributed by atoms with Gasteiger partial charge in [-0.25, -0.2) is 0 Å². The second-order valence-electron chi connectivity index (χ2n) is 2.70. The van der Waals surface area contributed by atoms with E-state index in [9.17, 15) is 0 Å². The van der Waals surface area contributed by atoms with Gasteiger partial charge < -0.3 is 25.2 Å². The number of rotatable bonds is 0. The first-order valence-corrected chi connectivity index (χ1v) is 3.41. The van der Waals surface area contributed by atoms with Crippen molar-refractivity contribution in [2.45, 2.75) is 37.6 Å². The zero-order valence-corrected chi connectivity index (χ0v) is 6.08. The van der Waals surface area contributed by atoms with Gasteiger partial charge >= 0.3 is 0 Å². The predicted octanol–water partition coefficient (Wildman–Crippen LogP) is -2.19. The lowest BCUT2D eigenvalue weighted by Crippen LogP contribution is -2.56. The Morgan fingerprint density at radius 3 is 2.00 bits per heavy atom. The Morgan fingerprint density at radius 1 is 0.909 bits per heavy atom. The highest BCUT2D eigenvalue weighted by atomic mass is 16.6. The molecular weight excluding hydrogens is 152 g/mol. The van der Waals surface area contributed by atoms with Gasteiger partial charge in [-0.3, -0.25) is 0 Å². The van der Waals surface area contributed by atoms with Gasteiger partial charge in [-0.1, -0.05) is 0 Å². The first-order chi connectivity index (χ1) is 5.04. The minimum atomic E-state index is -1.43. The van der Waals surface area contributed by atoms with Crippen LogP contribution >= 0.6 is 0 Å². The monoisotopic (exact) mass is 164 g/mol. The maximum atomic E-state index is 9.09. The molecule has 0 aromatic rings. The molecule has 0 aromatic carbocycles. The van der Waals surface area contributed by atoms with Crippen molar-refractivity contribution in [1.29, 1.82) is 0 Å². The summed E-state index contributed by atoms with van der Waals surface area (Å²) in [5.41, 5.74) is 0. The van der Waals surface area contributed by atoms with Gasteiger partial charge in [0.15, 0.2) is 6.29 Å². The third-order valence-electron chi connectivity index (χ3n) is 1.83. The van der Waals surface area contributed by atoms with E-state index < -0.39 is 30.7 Å². The van der Waals surface area contributed by atoms with Crippen molar-refractivity contribution in [3.63, 3.8) is 0 Å². The second kappa shape index (κ2) is 3.04. The Labute approximate surface area is 63.8 Å². The lowest BCUT2D eigenvalue weighted by atomic mass is 10.0. The van der Waals surface area contributed by atoms with Crippen LogP contribution in [0.5, 0.6) is 0 Å². The summed E-state index contributed by atoms with van der Waals surface area (Å²) in [6.45, 7) is 1.50. The molecule has 66 valence electrons. The first kappa shape index (κ1) is 8.89. The van der Waals surface area contributed by atoms with E-state index in [1.54, 1.807) is 0 Å². The molecule has 1 rings (SSSR count). The van der Waals surface area contributed by atoms with Gasteiger partial charge in [-0.2, -0.15) is 0 Å². The average molecular weight is 164 g/mol. The Balaban J connectivity index is 2.63. The van der Waals surface area contributed by atoms with Crippen LogP contribution < -0.4 is 0 Å². The number of aliphatic hydroxyl groups is 4. The SMILES string of the molecule is C[C@@H]1O[C@@H](O)[C@@H](O)[C@H](O)[C@@H]1O. The van der Waals surface area contributed by atoms with Crippen LogP contribution in [0.15, 0.2) is 0 Å². The van der Waals surface area contributed by atoms with Crippen LogP contribution in [0.2, 0.25) is 0 Å². The quantitative estimate of drug-likeness (QED) is 0.326. The fraction of sp³-hybridized carbons (Fsp3) is 1.00. The normalized spacial score (nSPS) is 52.6. The standard InChI is InChI=1S/C6H12O5/c1-2-3(7)4(8)5(9)6(10)11-2/h2-10H,1H3/t2-,3+,4+,5-,6+/m0/s1. The maximum absolute atomic E-state index is 9.09. The van der Waals surface area contributed by atoms with E-state index in [1.165, 1.54) is 6.92 Å². The zero-order valence-electron chi connectivity index (χ0n) is 6.08. The van der Waals surface area contributed by atoms with Crippen molar-refractivity contribution in [1.82, 2.24) is 0 Å². The minimum Gasteiger partial charge on any atom is -0.388 e. The minimum absolute atomic E-state index is 0.664. The molecule has 1 saturated heterocycles. The second-order valence-corrected chi connectivity index (χ2v) is 2.70. The van der Waals surface area contributed by atoms with Gasteiger partial charge in [-0.15, -0.1) is 0 Å². The average Bonchev–Trinajstić information content (AvgIpc) is 1.97. The molecule has 0 aromatic heterocycles. The van der Waals surface area contributed by atoms with E-state index in [4.69, 9.17) is 20.4 Å². The summed E-state index contributed by atoms with van der Waals surface area (Å²) in [7, 11) is 0. The van der Waals surface area contributed by atoms with Gasteiger partial charge in [0.1, 0.15) is 18.3 Å². The van der Waals surface area contributed by atoms with Gasteiger partial charge in [0.2, 0.25) is 0 Å². The highest BCUT2D eigenvalue weighted by Gasteiger charge is 2.40. The number of ether oxygens (including phenoxy) is 1. The summed E-state index contributed by atoms with van der Waals surface area (Å²) in [6, 6.07) is 0. The largest absolute Gasteiger partial charge is 0.388 e. The molecular formula is C6H12O5. The Morgan fingerprint density at radius 2 is 1.45 bits per heavy atom. The maximum Gasteiger partial charge on any atom is 0.183 e. The molecule has 0 aliphatic carbocycles. The predicted molar refractivity (Wildman–Crippen MR) is 34.6 cm³/mol. The Hall–Kier alpha value is -0.200. The van der Waals surface area contributed by atoms with Crippen LogP contribution in [0.4, 0.5) is 0 Å². The smallest absolute Gasteiger partial charge is 0.183 e. The molecule has 4 N–H and O–H groups in total. The van der Waals surface area contributed by atoms with Crippen molar-refractivity contribution in [2.24, 2.45) is 0 Å².